The minimum Gasteiger partial charge on any atom is -0.351 e. The molecule has 19 heavy (non-hydrogen) atoms. The summed E-state index contributed by atoms with van der Waals surface area (Å²) in [6.45, 7) is 0. The maximum Gasteiger partial charge on any atom is 0.478 e. The van der Waals surface area contributed by atoms with Gasteiger partial charge in [0.1, 0.15) is 0 Å². The summed E-state index contributed by atoms with van der Waals surface area (Å²) in [5, 5.41) is 0. The Morgan fingerprint density at radius 1 is 0.895 bits per heavy atom. The highest BCUT2D eigenvalue weighted by atomic mass is 31.3. The lowest BCUT2D eigenvalue weighted by Crippen LogP contribution is -1.84. The highest BCUT2D eigenvalue weighted by Crippen LogP contribution is 2.53. The van der Waals surface area contributed by atoms with Crippen molar-refractivity contribution in [2.45, 2.75) is 0 Å². The third kappa shape index (κ3) is 38.1. The second kappa shape index (κ2) is 8.69. The topological polar surface area (TPSA) is 231 Å². The van der Waals surface area contributed by atoms with E-state index in [1.807, 2.05) is 0 Å². The molecule has 13 nitrogen and oxygen atoms in total. The molecule has 0 aliphatic carbocycles. The van der Waals surface area contributed by atoms with Gasteiger partial charge in [-0.1, -0.05) is 0 Å². The maximum atomic E-state index is 9.63. The Kier molecular flexibility index (Phi) is 9.56. The van der Waals surface area contributed by atoms with Crippen molar-refractivity contribution < 1.29 is 52.3 Å². The number of aromatic nitrogens is 2. The molecule has 1 heterocycles. The van der Waals surface area contributed by atoms with Gasteiger partial charge in [-0.25, -0.2) is 18.7 Å². The standard InChI is InChI=1S/C3H4N2.H4O7P2.H3O4P/c1-2-5-3-4-1;1-8(2,3)7-9(4,5)6;1-5(2,3)4/h1-3H,(H,4,5);(H2,1,2,3)(H2,4,5,6);(H3,1,2,3,4). The molecule has 0 atom stereocenters. The molecule has 16 heteroatoms. The number of imidazole rings is 1. The van der Waals surface area contributed by atoms with E-state index in [9.17, 15) is 9.13 Å². The van der Waals surface area contributed by atoms with Crippen molar-refractivity contribution in [1.29, 1.82) is 0 Å². The smallest absolute Gasteiger partial charge is 0.351 e. The van der Waals surface area contributed by atoms with Gasteiger partial charge in [0.05, 0.1) is 6.33 Å². The summed E-state index contributed by atoms with van der Waals surface area (Å²) < 4.78 is 31.1. The zero-order valence-electron chi connectivity index (χ0n) is 8.78. The minimum absolute atomic E-state index is 1.62. The van der Waals surface area contributed by atoms with Gasteiger partial charge in [-0.05, 0) is 0 Å². The van der Waals surface area contributed by atoms with Gasteiger partial charge in [0.15, 0.2) is 0 Å². The first-order chi connectivity index (χ1) is 8.21. The number of hydrogen-bond acceptors (Lipinski definition) is 5. The molecule has 1 rings (SSSR count). The van der Waals surface area contributed by atoms with Crippen LogP contribution in [0, 0.1) is 0 Å². The monoisotopic (exact) mass is 344 g/mol. The maximum absolute atomic E-state index is 9.63. The summed E-state index contributed by atoms with van der Waals surface area (Å²) in [5.74, 6) is 0. The SMILES string of the molecule is O=P(O)(O)O.O=P(O)(O)OP(=O)(O)O.c1c[nH]cn1. The van der Waals surface area contributed by atoms with Gasteiger partial charge in [0.25, 0.3) is 0 Å². The van der Waals surface area contributed by atoms with Gasteiger partial charge in [0.2, 0.25) is 0 Å². The summed E-state index contributed by atoms with van der Waals surface area (Å²) in [5.41, 5.74) is 0. The zero-order valence-corrected chi connectivity index (χ0v) is 11.5. The van der Waals surface area contributed by atoms with Crippen molar-refractivity contribution in [2.75, 3.05) is 0 Å². The summed E-state index contributed by atoms with van der Waals surface area (Å²) >= 11 is 0. The molecular formula is C3H11N2O11P3. The van der Waals surface area contributed by atoms with Crippen LogP contribution in [-0.4, -0.2) is 44.2 Å². The van der Waals surface area contributed by atoms with E-state index in [1.165, 1.54) is 0 Å². The van der Waals surface area contributed by atoms with Crippen molar-refractivity contribution in [2.24, 2.45) is 0 Å². The van der Waals surface area contributed by atoms with Crippen LogP contribution < -0.4 is 0 Å². The molecule has 0 saturated carbocycles. The van der Waals surface area contributed by atoms with E-state index in [1.54, 1.807) is 18.7 Å². The molecule has 1 aromatic heterocycles. The molecule has 0 radical (unpaired) electrons. The fraction of sp³-hybridized carbons (Fsp3) is 0. The number of rotatable bonds is 2. The van der Waals surface area contributed by atoms with Crippen LogP contribution in [0.3, 0.4) is 0 Å². The van der Waals surface area contributed by atoms with Crippen LogP contribution in [0.2, 0.25) is 0 Å². The highest BCUT2D eigenvalue weighted by Gasteiger charge is 2.27. The van der Waals surface area contributed by atoms with Gasteiger partial charge in [-0.15, -0.1) is 0 Å². The van der Waals surface area contributed by atoms with Crippen LogP contribution in [0.15, 0.2) is 18.7 Å². The average molecular weight is 344 g/mol. The molecule has 0 spiro atoms. The molecule has 0 fully saturated rings. The first-order valence-electron chi connectivity index (χ1n) is 3.74. The second-order valence-electron chi connectivity index (χ2n) is 2.34. The zero-order chi connectivity index (χ0) is 15.7. The summed E-state index contributed by atoms with van der Waals surface area (Å²) in [4.78, 5) is 59.0. The molecule has 0 aromatic carbocycles. The van der Waals surface area contributed by atoms with Crippen molar-refractivity contribution in [1.82, 2.24) is 9.97 Å². The number of aromatic amines is 1. The Labute approximate surface area is 105 Å². The molecule has 0 unspecified atom stereocenters. The molecule has 114 valence electrons. The lowest BCUT2D eigenvalue weighted by Gasteiger charge is -2.03. The lowest BCUT2D eigenvalue weighted by atomic mass is 11.0. The Morgan fingerprint density at radius 3 is 1.32 bits per heavy atom. The van der Waals surface area contributed by atoms with E-state index in [4.69, 9.17) is 38.8 Å². The van der Waals surface area contributed by atoms with Crippen LogP contribution in [0.5, 0.6) is 0 Å². The van der Waals surface area contributed by atoms with Gasteiger partial charge >= 0.3 is 23.5 Å². The van der Waals surface area contributed by atoms with Crippen molar-refractivity contribution in [3.05, 3.63) is 18.7 Å². The van der Waals surface area contributed by atoms with E-state index in [2.05, 4.69) is 14.3 Å². The van der Waals surface area contributed by atoms with Gasteiger partial charge in [-0.2, -0.15) is 4.31 Å². The van der Waals surface area contributed by atoms with Gasteiger partial charge < -0.3 is 39.2 Å². The van der Waals surface area contributed by atoms with Gasteiger partial charge in [0, 0.05) is 12.4 Å². The van der Waals surface area contributed by atoms with E-state index >= 15 is 0 Å². The summed E-state index contributed by atoms with van der Waals surface area (Å²) in [7, 11) is -14.7. The molecule has 1 aromatic rings. The van der Waals surface area contributed by atoms with Gasteiger partial charge in [-0.3, -0.25) is 0 Å². The van der Waals surface area contributed by atoms with Crippen molar-refractivity contribution in [3.8, 4) is 0 Å². The molecule has 0 saturated heterocycles. The third-order valence-corrected chi connectivity index (χ3v) is 2.32. The Bertz CT molecular complexity index is 408. The highest BCUT2D eigenvalue weighted by molar-refractivity contribution is 7.60. The van der Waals surface area contributed by atoms with Crippen molar-refractivity contribution in [3.63, 3.8) is 0 Å². The largest absolute Gasteiger partial charge is 0.478 e. The quantitative estimate of drug-likeness (QED) is 0.292. The normalized spacial score (nSPS) is 11.7. The molecule has 0 amide bonds. The van der Waals surface area contributed by atoms with E-state index in [-0.39, 0.29) is 0 Å². The molecule has 0 aliphatic heterocycles. The number of nitrogens with zero attached hydrogens (tertiary/aromatic N) is 1. The second-order valence-corrected chi connectivity index (χ2v) is 5.98. The fourth-order valence-electron chi connectivity index (χ4n) is 0.354. The molecule has 0 bridgehead atoms. The number of nitrogens with one attached hydrogen (secondary N) is 1. The first kappa shape index (κ1) is 20.9. The van der Waals surface area contributed by atoms with Crippen LogP contribution in [0.4, 0.5) is 0 Å². The Balaban J connectivity index is 0. The minimum atomic E-state index is -5.05. The predicted octanol–water partition coefficient (Wildman–Crippen LogP) is -1.33. The Hall–Kier alpha value is -0.420. The van der Waals surface area contributed by atoms with E-state index < -0.39 is 23.5 Å². The summed E-state index contributed by atoms with van der Waals surface area (Å²) in [6.07, 6.45) is 5.08. The predicted molar refractivity (Wildman–Crippen MR) is 58.0 cm³/mol. The summed E-state index contributed by atoms with van der Waals surface area (Å²) in [6, 6.07) is 0. The number of hydrogen-bond donors (Lipinski definition) is 8. The molecule has 0 aliphatic rings. The Morgan fingerprint density at radius 2 is 1.26 bits per heavy atom. The first-order valence-corrected chi connectivity index (χ1v) is 8.37. The van der Waals surface area contributed by atoms with Crippen LogP contribution >= 0.6 is 23.5 Å². The third-order valence-electron chi connectivity index (χ3n) is 0.619. The van der Waals surface area contributed by atoms with E-state index in [0.717, 1.165) is 0 Å². The van der Waals surface area contributed by atoms with Crippen LogP contribution in [0.25, 0.3) is 0 Å². The lowest BCUT2D eigenvalue weighted by molar-refractivity contribution is 0.225. The number of H-pyrrole nitrogens is 1. The molecule has 8 N–H and O–H groups in total. The fourth-order valence-corrected chi connectivity index (χ4v) is 1.46. The van der Waals surface area contributed by atoms with Crippen LogP contribution in [-0.2, 0) is 18.0 Å². The van der Waals surface area contributed by atoms with E-state index in [0.29, 0.717) is 0 Å². The van der Waals surface area contributed by atoms with Crippen LogP contribution in [0.1, 0.15) is 0 Å². The van der Waals surface area contributed by atoms with Crippen molar-refractivity contribution >= 4 is 23.5 Å². The number of phosphoric acid groups is 3. The molecular weight excluding hydrogens is 333 g/mol. The average Bonchev–Trinajstić information content (AvgIpc) is 2.46.